The number of hydrogen-bond donors (Lipinski definition) is 2. The predicted molar refractivity (Wildman–Crippen MR) is 93.7 cm³/mol. The van der Waals surface area contributed by atoms with Gasteiger partial charge < -0.3 is 10.2 Å². The van der Waals surface area contributed by atoms with Gasteiger partial charge in [-0.25, -0.2) is 0 Å². The summed E-state index contributed by atoms with van der Waals surface area (Å²) in [5, 5.41) is 20.0. The lowest BCUT2D eigenvalue weighted by Gasteiger charge is -2.43. The first-order valence-corrected chi connectivity index (χ1v) is 9.40. The van der Waals surface area contributed by atoms with Gasteiger partial charge in [-0.3, -0.25) is 9.69 Å². The quantitative estimate of drug-likeness (QED) is 0.799. The molecule has 0 spiro atoms. The number of piperidine rings is 1. The molecule has 2 N–H and O–H groups in total. The highest BCUT2D eigenvalue weighted by Crippen LogP contribution is 2.36. The molecule has 2 heterocycles. The third-order valence-electron chi connectivity index (χ3n) is 4.69. The van der Waals surface area contributed by atoms with Gasteiger partial charge in [0.2, 0.25) is 0 Å². The molecule has 2 rings (SSSR count). The van der Waals surface area contributed by atoms with Gasteiger partial charge in [-0.2, -0.15) is 0 Å². The minimum atomic E-state index is -1.01. The first-order valence-electron chi connectivity index (χ1n) is 8.58. The molecule has 2 atom stereocenters. The summed E-state index contributed by atoms with van der Waals surface area (Å²) < 4.78 is 0. The predicted octanol–water partition coefficient (Wildman–Crippen LogP) is 3.38. The summed E-state index contributed by atoms with van der Waals surface area (Å²) in [7, 11) is 0. The van der Waals surface area contributed by atoms with Gasteiger partial charge in [-0.1, -0.05) is 27.2 Å². The molecule has 0 aliphatic carbocycles. The van der Waals surface area contributed by atoms with E-state index in [1.165, 1.54) is 9.75 Å². The molecule has 0 bridgehead atoms. The van der Waals surface area contributed by atoms with E-state index in [0.717, 1.165) is 25.9 Å². The molecule has 1 aliphatic rings. The van der Waals surface area contributed by atoms with E-state index in [1.54, 1.807) is 0 Å². The zero-order chi connectivity index (χ0) is 17.0. The fourth-order valence-electron chi connectivity index (χ4n) is 3.55. The number of aliphatic hydroxyl groups excluding tert-OH is 1. The minimum Gasteiger partial charge on any atom is -0.481 e. The number of nitrogens with zero attached hydrogens (tertiary/aromatic N) is 1. The molecule has 5 heteroatoms. The molecule has 0 saturated carbocycles. The van der Waals surface area contributed by atoms with Crippen molar-refractivity contribution in [2.24, 2.45) is 11.3 Å². The number of rotatable bonds is 7. The Morgan fingerprint density at radius 2 is 2.13 bits per heavy atom. The molecule has 1 aliphatic heterocycles. The fourth-order valence-corrected chi connectivity index (χ4v) is 4.82. The second-order valence-corrected chi connectivity index (χ2v) is 8.45. The van der Waals surface area contributed by atoms with Crippen LogP contribution in [0.2, 0.25) is 0 Å². The number of aliphatic hydroxyl groups is 1. The standard InChI is InChI=1S/C18H29NO3S/c1-4-8-18(17(21)22)12-19(9-7-16(18)20)11-15-6-5-14(23-15)10-13(2)3/h5-6,13,16,20H,4,7-12H2,1-3H3,(H,21,22)/t16-,18+/m0/s1. The second-order valence-electron chi connectivity index (χ2n) is 7.19. The average molecular weight is 340 g/mol. The van der Waals surface area contributed by atoms with Crippen LogP contribution in [0.5, 0.6) is 0 Å². The van der Waals surface area contributed by atoms with Crippen LogP contribution in [0, 0.1) is 11.3 Å². The van der Waals surface area contributed by atoms with Gasteiger partial charge >= 0.3 is 5.97 Å². The van der Waals surface area contributed by atoms with Crippen molar-refractivity contribution in [3.8, 4) is 0 Å². The number of hydrogen-bond acceptors (Lipinski definition) is 4. The molecule has 130 valence electrons. The molecule has 1 fully saturated rings. The third kappa shape index (κ3) is 4.34. The van der Waals surface area contributed by atoms with Crippen molar-refractivity contribution in [3.05, 3.63) is 21.9 Å². The Kier molecular flexibility index (Phi) is 6.23. The number of carboxylic acid groups (broad SMARTS) is 1. The van der Waals surface area contributed by atoms with E-state index in [-0.39, 0.29) is 0 Å². The molecule has 1 aromatic heterocycles. The first kappa shape index (κ1) is 18.4. The number of thiophene rings is 1. The summed E-state index contributed by atoms with van der Waals surface area (Å²) in [4.78, 5) is 16.7. The molecule has 0 aromatic carbocycles. The van der Waals surface area contributed by atoms with Crippen LogP contribution in [0.4, 0.5) is 0 Å². The lowest BCUT2D eigenvalue weighted by molar-refractivity contribution is -0.164. The lowest BCUT2D eigenvalue weighted by atomic mass is 9.74. The van der Waals surface area contributed by atoms with E-state index < -0.39 is 17.5 Å². The Labute approximate surface area is 143 Å². The van der Waals surface area contributed by atoms with Crippen LogP contribution in [0.25, 0.3) is 0 Å². The van der Waals surface area contributed by atoms with Crippen LogP contribution >= 0.6 is 11.3 Å². The van der Waals surface area contributed by atoms with Crippen molar-refractivity contribution in [1.29, 1.82) is 0 Å². The summed E-state index contributed by atoms with van der Waals surface area (Å²) in [6, 6.07) is 4.35. The summed E-state index contributed by atoms with van der Waals surface area (Å²) in [5.74, 6) is -0.209. The minimum absolute atomic E-state index is 0.439. The van der Waals surface area contributed by atoms with Crippen molar-refractivity contribution in [1.82, 2.24) is 4.90 Å². The van der Waals surface area contributed by atoms with E-state index in [0.29, 0.717) is 25.3 Å². The Bertz CT molecular complexity index is 528. The van der Waals surface area contributed by atoms with Crippen molar-refractivity contribution < 1.29 is 15.0 Å². The Hall–Kier alpha value is -0.910. The first-order chi connectivity index (χ1) is 10.9. The van der Waals surface area contributed by atoms with E-state index in [4.69, 9.17) is 0 Å². The third-order valence-corrected chi connectivity index (χ3v) is 5.78. The number of carboxylic acids is 1. The van der Waals surface area contributed by atoms with Gasteiger partial charge in [0.25, 0.3) is 0 Å². The molecule has 23 heavy (non-hydrogen) atoms. The van der Waals surface area contributed by atoms with Gasteiger partial charge in [0.15, 0.2) is 0 Å². The smallest absolute Gasteiger partial charge is 0.313 e. The maximum absolute atomic E-state index is 11.8. The average Bonchev–Trinajstić information content (AvgIpc) is 2.88. The van der Waals surface area contributed by atoms with Crippen molar-refractivity contribution in [2.75, 3.05) is 13.1 Å². The highest BCUT2D eigenvalue weighted by atomic mass is 32.1. The number of likely N-dealkylation sites (tertiary alicyclic amines) is 1. The van der Waals surface area contributed by atoms with Gasteiger partial charge in [0.05, 0.1) is 6.10 Å². The molecule has 0 radical (unpaired) electrons. The van der Waals surface area contributed by atoms with Crippen molar-refractivity contribution in [3.63, 3.8) is 0 Å². The SMILES string of the molecule is CCC[C@@]1(C(=O)O)CN(Cc2ccc(CC(C)C)s2)CC[C@@H]1O. The molecule has 1 saturated heterocycles. The molecular formula is C18H29NO3S. The van der Waals surface area contributed by atoms with Crippen molar-refractivity contribution in [2.45, 2.75) is 59.1 Å². The van der Waals surface area contributed by atoms with E-state index in [2.05, 4.69) is 30.9 Å². The molecular weight excluding hydrogens is 310 g/mol. The van der Waals surface area contributed by atoms with Crippen LogP contribution in [-0.2, 0) is 17.8 Å². The van der Waals surface area contributed by atoms with Crippen LogP contribution in [-0.4, -0.2) is 40.3 Å². The van der Waals surface area contributed by atoms with Crippen LogP contribution in [0.3, 0.4) is 0 Å². The monoisotopic (exact) mass is 339 g/mol. The Balaban J connectivity index is 2.06. The van der Waals surface area contributed by atoms with Crippen LogP contribution in [0.15, 0.2) is 12.1 Å². The van der Waals surface area contributed by atoms with Gasteiger partial charge in [-0.15, -0.1) is 11.3 Å². The Morgan fingerprint density at radius 1 is 1.43 bits per heavy atom. The van der Waals surface area contributed by atoms with E-state index >= 15 is 0 Å². The van der Waals surface area contributed by atoms with E-state index in [9.17, 15) is 15.0 Å². The largest absolute Gasteiger partial charge is 0.481 e. The summed E-state index contributed by atoms with van der Waals surface area (Å²) in [6.45, 7) is 8.41. The fraction of sp³-hybridized carbons (Fsp3) is 0.722. The zero-order valence-electron chi connectivity index (χ0n) is 14.4. The normalized spacial score (nSPS) is 25.9. The summed E-state index contributed by atoms with van der Waals surface area (Å²) in [6.07, 6.45) is 2.20. The highest BCUT2D eigenvalue weighted by Gasteiger charge is 2.48. The maximum atomic E-state index is 11.8. The van der Waals surface area contributed by atoms with Crippen molar-refractivity contribution >= 4 is 17.3 Å². The van der Waals surface area contributed by atoms with Gasteiger partial charge in [0.1, 0.15) is 5.41 Å². The van der Waals surface area contributed by atoms with Crippen LogP contribution < -0.4 is 0 Å². The summed E-state index contributed by atoms with van der Waals surface area (Å²) in [5.41, 5.74) is -1.01. The summed E-state index contributed by atoms with van der Waals surface area (Å²) >= 11 is 1.83. The van der Waals surface area contributed by atoms with Gasteiger partial charge in [-0.05, 0) is 37.3 Å². The highest BCUT2D eigenvalue weighted by molar-refractivity contribution is 7.11. The zero-order valence-corrected chi connectivity index (χ0v) is 15.2. The van der Waals surface area contributed by atoms with E-state index in [1.807, 2.05) is 18.3 Å². The second kappa shape index (κ2) is 7.77. The topological polar surface area (TPSA) is 60.8 Å². The number of carbonyl (C=O) groups is 1. The van der Waals surface area contributed by atoms with Gasteiger partial charge in [0, 0.05) is 29.4 Å². The molecule has 4 nitrogen and oxygen atoms in total. The maximum Gasteiger partial charge on any atom is 0.313 e. The Morgan fingerprint density at radius 3 is 2.74 bits per heavy atom. The number of aliphatic carboxylic acids is 1. The van der Waals surface area contributed by atoms with Crippen LogP contribution in [0.1, 0.15) is 49.8 Å². The lowest BCUT2D eigenvalue weighted by Crippen LogP contribution is -2.55. The molecule has 0 unspecified atom stereocenters. The molecule has 0 amide bonds. The molecule has 1 aromatic rings.